The summed E-state index contributed by atoms with van der Waals surface area (Å²) in [4.78, 5) is 8.45. The number of hydrogen-bond acceptors (Lipinski definition) is 5. The number of para-hydroxylation sites is 1. The third kappa shape index (κ3) is 4.65. The van der Waals surface area contributed by atoms with Crippen LogP contribution in [0, 0.1) is 5.82 Å². The zero-order valence-electron chi connectivity index (χ0n) is 13.2. The van der Waals surface area contributed by atoms with Crippen LogP contribution in [0.2, 0.25) is 5.02 Å². The summed E-state index contributed by atoms with van der Waals surface area (Å²) in [7, 11) is 0. The van der Waals surface area contributed by atoms with Crippen molar-refractivity contribution in [3.05, 3.63) is 77.2 Å². The zero-order valence-corrected chi connectivity index (χ0v) is 13.9. The van der Waals surface area contributed by atoms with Crippen LogP contribution in [0.3, 0.4) is 0 Å². The summed E-state index contributed by atoms with van der Waals surface area (Å²) in [5.41, 5.74) is 1.19. The van der Waals surface area contributed by atoms with Gasteiger partial charge in [-0.3, -0.25) is 0 Å². The van der Waals surface area contributed by atoms with Gasteiger partial charge in [-0.25, -0.2) is 9.37 Å². The molecule has 0 aliphatic heterocycles. The van der Waals surface area contributed by atoms with Crippen molar-refractivity contribution >= 4 is 29.1 Å². The van der Waals surface area contributed by atoms with Gasteiger partial charge in [-0.15, -0.1) is 0 Å². The van der Waals surface area contributed by atoms with E-state index < -0.39 is 6.10 Å². The Morgan fingerprint density at radius 1 is 1.12 bits per heavy atom. The van der Waals surface area contributed by atoms with Gasteiger partial charge in [0, 0.05) is 12.7 Å². The standard InChI is InChI=1S/C18H16ClFN4O/c19-14-6-1-2-7-15(14)23-18-21-9-8-17(24-18)22-11-16(25)12-4-3-5-13(20)10-12/h1-10,16,25H,11H2,(H2,21,22,23,24). The summed E-state index contributed by atoms with van der Waals surface area (Å²) < 4.78 is 13.2. The van der Waals surface area contributed by atoms with Crippen LogP contribution in [0.1, 0.15) is 11.7 Å². The number of aliphatic hydroxyl groups is 1. The summed E-state index contributed by atoms with van der Waals surface area (Å²) in [6, 6.07) is 14.8. The first-order valence-electron chi connectivity index (χ1n) is 7.64. The minimum absolute atomic E-state index is 0.187. The lowest BCUT2D eigenvalue weighted by atomic mass is 10.1. The van der Waals surface area contributed by atoms with Crippen molar-refractivity contribution in [2.45, 2.75) is 6.10 Å². The van der Waals surface area contributed by atoms with Crippen molar-refractivity contribution < 1.29 is 9.50 Å². The third-order valence-corrected chi connectivity index (χ3v) is 3.82. The molecule has 3 N–H and O–H groups in total. The fourth-order valence-corrected chi connectivity index (χ4v) is 2.42. The van der Waals surface area contributed by atoms with Gasteiger partial charge in [0.2, 0.25) is 5.95 Å². The summed E-state index contributed by atoms with van der Waals surface area (Å²) in [5.74, 6) is 0.517. The average molecular weight is 359 g/mol. The highest BCUT2D eigenvalue weighted by Crippen LogP contribution is 2.23. The molecule has 0 spiro atoms. The largest absolute Gasteiger partial charge is 0.387 e. The topological polar surface area (TPSA) is 70.1 Å². The fraction of sp³-hybridized carbons (Fsp3) is 0.111. The van der Waals surface area contributed by atoms with Gasteiger partial charge in [0.15, 0.2) is 0 Å². The molecule has 128 valence electrons. The van der Waals surface area contributed by atoms with Gasteiger partial charge in [0.1, 0.15) is 11.6 Å². The normalized spacial score (nSPS) is 11.8. The van der Waals surface area contributed by atoms with Gasteiger partial charge in [-0.1, -0.05) is 35.9 Å². The first kappa shape index (κ1) is 17.1. The van der Waals surface area contributed by atoms with Crippen molar-refractivity contribution in [3.63, 3.8) is 0 Å². The summed E-state index contributed by atoms with van der Waals surface area (Å²) in [6.45, 7) is 0.187. The number of hydrogen-bond donors (Lipinski definition) is 3. The molecule has 5 nitrogen and oxygen atoms in total. The lowest BCUT2D eigenvalue weighted by Crippen LogP contribution is -2.13. The maximum atomic E-state index is 13.2. The van der Waals surface area contributed by atoms with Crippen molar-refractivity contribution in [3.8, 4) is 0 Å². The predicted molar refractivity (Wildman–Crippen MR) is 96.6 cm³/mol. The Hall–Kier alpha value is -2.70. The molecule has 0 radical (unpaired) electrons. The maximum Gasteiger partial charge on any atom is 0.229 e. The quantitative estimate of drug-likeness (QED) is 0.617. The maximum absolute atomic E-state index is 13.2. The molecule has 25 heavy (non-hydrogen) atoms. The molecule has 1 unspecified atom stereocenters. The van der Waals surface area contributed by atoms with Crippen LogP contribution in [-0.2, 0) is 0 Å². The van der Waals surface area contributed by atoms with E-state index in [2.05, 4.69) is 20.6 Å². The lowest BCUT2D eigenvalue weighted by molar-refractivity contribution is 0.191. The number of aromatic nitrogens is 2. The zero-order chi connectivity index (χ0) is 17.6. The van der Waals surface area contributed by atoms with E-state index in [1.807, 2.05) is 18.2 Å². The summed E-state index contributed by atoms with van der Waals surface area (Å²) in [5, 5.41) is 16.7. The molecule has 0 fully saturated rings. The summed E-state index contributed by atoms with van der Waals surface area (Å²) >= 11 is 6.10. The molecule has 0 bridgehead atoms. The average Bonchev–Trinajstić information content (AvgIpc) is 2.62. The smallest absolute Gasteiger partial charge is 0.229 e. The number of aliphatic hydroxyl groups excluding tert-OH is 1. The van der Waals surface area contributed by atoms with Gasteiger partial charge >= 0.3 is 0 Å². The number of benzene rings is 2. The van der Waals surface area contributed by atoms with Crippen LogP contribution in [0.4, 0.5) is 21.8 Å². The van der Waals surface area contributed by atoms with Crippen molar-refractivity contribution in [2.24, 2.45) is 0 Å². The Morgan fingerprint density at radius 2 is 1.96 bits per heavy atom. The van der Waals surface area contributed by atoms with E-state index in [4.69, 9.17) is 11.6 Å². The van der Waals surface area contributed by atoms with Crippen LogP contribution in [0.5, 0.6) is 0 Å². The summed E-state index contributed by atoms with van der Waals surface area (Å²) in [6.07, 6.45) is 0.730. The first-order valence-corrected chi connectivity index (χ1v) is 8.01. The van der Waals surface area contributed by atoms with Crippen molar-refractivity contribution in [1.29, 1.82) is 0 Å². The Morgan fingerprint density at radius 3 is 2.76 bits per heavy atom. The Kier molecular flexibility index (Phi) is 5.42. The number of nitrogens with one attached hydrogen (secondary N) is 2. The van der Waals surface area contributed by atoms with Gasteiger partial charge in [-0.2, -0.15) is 4.98 Å². The van der Waals surface area contributed by atoms with Crippen LogP contribution >= 0.6 is 11.6 Å². The minimum Gasteiger partial charge on any atom is -0.387 e. The van der Waals surface area contributed by atoms with Crippen LogP contribution in [0.25, 0.3) is 0 Å². The van der Waals surface area contributed by atoms with Crippen LogP contribution in [-0.4, -0.2) is 21.6 Å². The molecular weight excluding hydrogens is 343 g/mol. The predicted octanol–water partition coefficient (Wildman–Crippen LogP) is 4.16. The van der Waals surface area contributed by atoms with Gasteiger partial charge < -0.3 is 15.7 Å². The van der Waals surface area contributed by atoms with Gasteiger partial charge in [-0.05, 0) is 35.9 Å². The lowest BCUT2D eigenvalue weighted by Gasteiger charge is -2.13. The molecular formula is C18H16ClFN4O. The minimum atomic E-state index is -0.856. The van der Waals surface area contributed by atoms with E-state index in [0.717, 1.165) is 0 Å². The number of rotatable bonds is 6. The highest BCUT2D eigenvalue weighted by atomic mass is 35.5. The molecule has 0 saturated heterocycles. The Balaban J connectivity index is 1.65. The van der Waals surface area contributed by atoms with Crippen LogP contribution in [0.15, 0.2) is 60.8 Å². The van der Waals surface area contributed by atoms with E-state index in [1.165, 1.54) is 12.1 Å². The second-order valence-corrected chi connectivity index (χ2v) is 5.73. The molecule has 3 aromatic rings. The van der Waals surface area contributed by atoms with Gasteiger partial charge in [0.05, 0.1) is 16.8 Å². The highest BCUT2D eigenvalue weighted by Gasteiger charge is 2.09. The second-order valence-electron chi connectivity index (χ2n) is 5.32. The molecule has 2 aromatic carbocycles. The second kappa shape index (κ2) is 7.92. The van der Waals surface area contributed by atoms with E-state index in [9.17, 15) is 9.50 Å². The van der Waals surface area contributed by atoms with E-state index in [1.54, 1.807) is 30.5 Å². The van der Waals surface area contributed by atoms with Crippen LogP contribution < -0.4 is 10.6 Å². The van der Waals surface area contributed by atoms with Crippen molar-refractivity contribution in [2.75, 3.05) is 17.2 Å². The molecule has 0 aliphatic rings. The third-order valence-electron chi connectivity index (χ3n) is 3.49. The number of nitrogens with zero attached hydrogens (tertiary/aromatic N) is 2. The Bertz CT molecular complexity index is 862. The SMILES string of the molecule is OC(CNc1ccnc(Nc2ccccc2Cl)n1)c1cccc(F)c1. The number of halogens is 2. The Labute approximate surface area is 149 Å². The fourth-order valence-electron chi connectivity index (χ4n) is 2.23. The molecule has 1 heterocycles. The molecule has 0 amide bonds. The molecule has 1 aromatic heterocycles. The van der Waals surface area contributed by atoms with Crippen molar-refractivity contribution in [1.82, 2.24) is 9.97 Å². The monoisotopic (exact) mass is 358 g/mol. The van der Waals surface area contributed by atoms with Gasteiger partial charge in [0.25, 0.3) is 0 Å². The molecule has 1 atom stereocenters. The molecule has 3 rings (SSSR count). The highest BCUT2D eigenvalue weighted by molar-refractivity contribution is 6.33. The first-order chi connectivity index (χ1) is 12.1. The van der Waals surface area contributed by atoms with E-state index in [0.29, 0.717) is 28.0 Å². The molecule has 0 saturated carbocycles. The van der Waals surface area contributed by atoms with E-state index >= 15 is 0 Å². The number of anilines is 3. The molecule has 0 aliphatic carbocycles. The molecule has 7 heteroatoms. The van der Waals surface area contributed by atoms with E-state index in [-0.39, 0.29) is 12.4 Å².